The van der Waals surface area contributed by atoms with Crippen LogP contribution in [0.5, 0.6) is 0 Å². The summed E-state index contributed by atoms with van der Waals surface area (Å²) in [6, 6.07) is 0. The normalized spacial score (nSPS) is 18.4. The van der Waals surface area contributed by atoms with E-state index >= 15 is 0 Å². The van der Waals surface area contributed by atoms with Gasteiger partial charge in [0.15, 0.2) is 0 Å². The lowest BCUT2D eigenvalue weighted by Gasteiger charge is -1.97. The maximum Gasteiger partial charge on any atom is 0.247 e. The van der Waals surface area contributed by atoms with Crippen molar-refractivity contribution in [2.45, 2.75) is 18.4 Å². The Hall–Kier alpha value is -1.27. The van der Waals surface area contributed by atoms with Gasteiger partial charge in [0.25, 0.3) is 0 Å². The molecule has 1 saturated carbocycles. The van der Waals surface area contributed by atoms with Crippen LogP contribution in [0.1, 0.15) is 18.7 Å². The summed E-state index contributed by atoms with van der Waals surface area (Å²) in [4.78, 5) is 8.32. The van der Waals surface area contributed by atoms with Gasteiger partial charge in [0.1, 0.15) is 5.69 Å². The molecule has 2 aromatic heterocycles. The Balaban J connectivity index is 1.98. The molecule has 2 aromatic rings. The predicted octanol–water partition coefficient (Wildman–Crippen LogP) is 1.14. The lowest BCUT2D eigenvalue weighted by molar-refractivity contribution is 0.348. The first-order valence-corrected chi connectivity index (χ1v) is 5.24. The number of aromatic nitrogens is 3. The van der Waals surface area contributed by atoms with Crippen LogP contribution in [0, 0.1) is 0 Å². The molecule has 3 rings (SSSR count). The number of rotatable bonds is 2. The van der Waals surface area contributed by atoms with Gasteiger partial charge in [-0.05, 0) is 12.8 Å². The van der Waals surface area contributed by atoms with Gasteiger partial charge in [0.2, 0.25) is 11.7 Å². The summed E-state index contributed by atoms with van der Waals surface area (Å²) in [6.07, 6.45) is 1.84. The summed E-state index contributed by atoms with van der Waals surface area (Å²) in [5.41, 5.74) is 8.04. The Morgan fingerprint density at radius 2 is 2.36 bits per heavy atom. The fourth-order valence-corrected chi connectivity index (χ4v) is 1.73. The summed E-state index contributed by atoms with van der Waals surface area (Å²) < 4.78 is 5.09. The van der Waals surface area contributed by atoms with Crippen molar-refractivity contribution in [1.82, 2.24) is 15.1 Å². The van der Waals surface area contributed by atoms with Crippen molar-refractivity contribution in [3.8, 4) is 11.5 Å². The molecular formula is C8H8N4OS. The van der Waals surface area contributed by atoms with Gasteiger partial charge >= 0.3 is 0 Å². The molecule has 0 radical (unpaired) electrons. The third kappa shape index (κ3) is 1.15. The second-order valence-electron chi connectivity index (χ2n) is 3.45. The van der Waals surface area contributed by atoms with E-state index in [1.165, 1.54) is 11.3 Å². The van der Waals surface area contributed by atoms with Crippen LogP contribution in [0.2, 0.25) is 0 Å². The first-order valence-electron chi connectivity index (χ1n) is 4.30. The Kier molecular flexibility index (Phi) is 1.51. The molecule has 0 spiro atoms. The quantitative estimate of drug-likeness (QED) is 0.800. The third-order valence-corrected chi connectivity index (χ3v) is 2.89. The predicted molar refractivity (Wildman–Crippen MR) is 50.5 cm³/mol. The highest BCUT2D eigenvalue weighted by molar-refractivity contribution is 7.07. The number of hydrogen-bond donors (Lipinski definition) is 1. The minimum absolute atomic E-state index is 0.360. The number of hydrogen-bond acceptors (Lipinski definition) is 6. The van der Waals surface area contributed by atoms with E-state index in [1.54, 1.807) is 5.51 Å². The maximum atomic E-state index is 5.92. The second-order valence-corrected chi connectivity index (χ2v) is 4.17. The van der Waals surface area contributed by atoms with Crippen molar-refractivity contribution >= 4 is 11.3 Å². The molecule has 1 aliphatic carbocycles. The van der Waals surface area contributed by atoms with Crippen LogP contribution in [0.15, 0.2) is 15.4 Å². The van der Waals surface area contributed by atoms with Gasteiger partial charge in [-0.3, -0.25) is 0 Å². The van der Waals surface area contributed by atoms with Crippen LogP contribution < -0.4 is 5.73 Å². The molecule has 72 valence electrons. The summed E-state index contributed by atoms with van der Waals surface area (Å²) in [6.45, 7) is 0. The van der Waals surface area contributed by atoms with Gasteiger partial charge in [0.05, 0.1) is 11.0 Å². The lowest BCUT2D eigenvalue weighted by Crippen LogP contribution is -2.18. The van der Waals surface area contributed by atoms with E-state index < -0.39 is 0 Å². The monoisotopic (exact) mass is 208 g/mol. The lowest BCUT2D eigenvalue weighted by atomic mass is 10.3. The van der Waals surface area contributed by atoms with Crippen LogP contribution >= 0.6 is 11.3 Å². The topological polar surface area (TPSA) is 77.8 Å². The van der Waals surface area contributed by atoms with Crippen molar-refractivity contribution in [2.24, 2.45) is 5.73 Å². The first kappa shape index (κ1) is 8.07. The molecule has 1 fully saturated rings. The van der Waals surface area contributed by atoms with Gasteiger partial charge in [-0.2, -0.15) is 4.98 Å². The fourth-order valence-electron chi connectivity index (χ4n) is 1.20. The summed E-state index contributed by atoms with van der Waals surface area (Å²) in [5, 5.41) is 5.72. The Bertz CT molecular complexity index is 446. The molecule has 0 aromatic carbocycles. The molecule has 2 N–H and O–H groups in total. The van der Waals surface area contributed by atoms with E-state index in [0.717, 1.165) is 18.5 Å². The van der Waals surface area contributed by atoms with Crippen molar-refractivity contribution in [3.63, 3.8) is 0 Å². The largest absolute Gasteiger partial charge is 0.337 e. The Labute approximate surface area is 84.0 Å². The van der Waals surface area contributed by atoms with E-state index in [0.29, 0.717) is 11.7 Å². The van der Waals surface area contributed by atoms with Gasteiger partial charge < -0.3 is 10.3 Å². The zero-order valence-corrected chi connectivity index (χ0v) is 8.12. The summed E-state index contributed by atoms with van der Waals surface area (Å²) >= 11 is 1.50. The van der Waals surface area contributed by atoms with Crippen LogP contribution in [-0.4, -0.2) is 15.1 Å². The fraction of sp³-hybridized carbons (Fsp3) is 0.375. The van der Waals surface area contributed by atoms with E-state index in [1.807, 2.05) is 5.38 Å². The summed E-state index contributed by atoms with van der Waals surface area (Å²) in [5.74, 6) is 1.05. The van der Waals surface area contributed by atoms with Crippen molar-refractivity contribution in [3.05, 3.63) is 16.8 Å². The molecule has 0 aliphatic heterocycles. The van der Waals surface area contributed by atoms with Crippen LogP contribution in [-0.2, 0) is 5.54 Å². The number of nitrogens with two attached hydrogens (primary N) is 1. The van der Waals surface area contributed by atoms with E-state index in [-0.39, 0.29) is 5.54 Å². The second kappa shape index (κ2) is 2.61. The standard InChI is InChI=1S/C8H8N4OS/c9-8(1-2-8)7-11-6(12-13-7)5-3-14-4-10-5/h3-4H,1-2,9H2. The average molecular weight is 208 g/mol. The molecule has 2 heterocycles. The van der Waals surface area contributed by atoms with Crippen molar-refractivity contribution in [1.29, 1.82) is 0 Å². The first-order chi connectivity index (χ1) is 6.78. The van der Waals surface area contributed by atoms with Gasteiger partial charge in [0, 0.05) is 5.38 Å². The zero-order chi connectivity index (χ0) is 9.60. The molecule has 14 heavy (non-hydrogen) atoms. The Morgan fingerprint density at radius 1 is 1.50 bits per heavy atom. The molecule has 0 amide bonds. The van der Waals surface area contributed by atoms with Gasteiger partial charge in [-0.1, -0.05) is 5.16 Å². The Morgan fingerprint density at radius 3 is 3.00 bits per heavy atom. The SMILES string of the molecule is NC1(c2nc(-c3cscn3)no2)CC1. The van der Waals surface area contributed by atoms with E-state index in [9.17, 15) is 0 Å². The number of thiazole rings is 1. The molecular weight excluding hydrogens is 200 g/mol. The highest BCUT2D eigenvalue weighted by atomic mass is 32.1. The van der Waals surface area contributed by atoms with E-state index in [4.69, 9.17) is 10.3 Å². The van der Waals surface area contributed by atoms with Crippen molar-refractivity contribution in [2.75, 3.05) is 0 Å². The summed E-state index contributed by atoms with van der Waals surface area (Å²) in [7, 11) is 0. The van der Waals surface area contributed by atoms with Crippen LogP contribution in [0.25, 0.3) is 11.5 Å². The molecule has 0 unspecified atom stereocenters. The smallest absolute Gasteiger partial charge is 0.247 e. The molecule has 6 heteroatoms. The molecule has 5 nitrogen and oxygen atoms in total. The van der Waals surface area contributed by atoms with Crippen LogP contribution in [0.3, 0.4) is 0 Å². The van der Waals surface area contributed by atoms with Gasteiger partial charge in [-0.15, -0.1) is 11.3 Å². The minimum Gasteiger partial charge on any atom is -0.337 e. The van der Waals surface area contributed by atoms with Crippen LogP contribution in [0.4, 0.5) is 0 Å². The molecule has 1 aliphatic rings. The molecule has 0 atom stereocenters. The van der Waals surface area contributed by atoms with E-state index in [2.05, 4.69) is 15.1 Å². The number of nitrogens with zero attached hydrogens (tertiary/aromatic N) is 3. The highest BCUT2D eigenvalue weighted by Crippen LogP contribution is 2.41. The zero-order valence-electron chi connectivity index (χ0n) is 7.30. The molecule has 0 bridgehead atoms. The third-order valence-electron chi connectivity index (χ3n) is 2.30. The minimum atomic E-state index is -0.360. The average Bonchev–Trinajstić information content (AvgIpc) is 2.73. The highest BCUT2D eigenvalue weighted by Gasteiger charge is 2.45. The maximum absolute atomic E-state index is 5.92. The van der Waals surface area contributed by atoms with Crippen molar-refractivity contribution < 1.29 is 4.52 Å². The van der Waals surface area contributed by atoms with Gasteiger partial charge in [-0.25, -0.2) is 4.98 Å². The molecule has 0 saturated heterocycles.